The maximum atomic E-state index is 13.5. The van der Waals surface area contributed by atoms with Crippen LogP contribution in [-0.4, -0.2) is 68.4 Å². The van der Waals surface area contributed by atoms with E-state index in [2.05, 4.69) is 13.8 Å². The number of nitrogens with two attached hydrogens (primary N) is 2. The maximum absolute atomic E-state index is 13.5. The van der Waals surface area contributed by atoms with Gasteiger partial charge in [0.15, 0.2) is 0 Å². The fourth-order valence-electron chi connectivity index (χ4n) is 5.73. The highest BCUT2D eigenvalue weighted by Gasteiger charge is 2.53. The van der Waals surface area contributed by atoms with Crippen LogP contribution in [0.5, 0.6) is 0 Å². The Labute approximate surface area is 288 Å². The highest BCUT2D eigenvalue weighted by Crippen LogP contribution is 2.21. The molecule has 1 rings (SSSR count). The van der Waals surface area contributed by atoms with Crippen LogP contribution in [0.1, 0.15) is 174 Å². The van der Waals surface area contributed by atoms with Gasteiger partial charge < -0.3 is 22.8 Å². The average Bonchev–Trinajstić information content (AvgIpc) is 3.04. The van der Waals surface area contributed by atoms with Gasteiger partial charge in [-0.1, -0.05) is 123 Å². The molecule has 1 aliphatic heterocycles. The van der Waals surface area contributed by atoms with Gasteiger partial charge in [0.05, 0.1) is 6.04 Å². The molecule has 1 aliphatic rings. The van der Waals surface area contributed by atoms with Gasteiger partial charge in [-0.05, 0) is 38.6 Å². The molecule has 0 unspecified atom stereocenters. The number of nitrogens with zero attached hydrogens (tertiary/aromatic N) is 1. The topological polar surface area (TPSA) is 168 Å². The Morgan fingerprint density at radius 2 is 1.21 bits per heavy atom. The molecule has 270 valence electrons. The summed E-state index contributed by atoms with van der Waals surface area (Å²) in [7, 11) is 0. The highest BCUT2D eigenvalue weighted by molar-refractivity contribution is 6.44. The molecule has 0 aromatic rings. The Morgan fingerprint density at radius 1 is 0.745 bits per heavy atom. The number of unbranched alkanes of at least 4 members (excludes halogenated alkanes) is 17. The fourth-order valence-corrected chi connectivity index (χ4v) is 6.92. The molecule has 1 fully saturated rings. The van der Waals surface area contributed by atoms with E-state index in [1.807, 2.05) is 0 Å². The molecule has 0 aromatic carbocycles. The van der Waals surface area contributed by atoms with Crippen molar-refractivity contribution in [1.29, 1.82) is 0 Å². The normalized spacial score (nSPS) is 15.7. The lowest BCUT2D eigenvalue weighted by Gasteiger charge is -2.31. The lowest BCUT2D eigenvalue weighted by molar-refractivity contribution is -0.163. The zero-order valence-corrected chi connectivity index (χ0v) is 30.6. The van der Waals surface area contributed by atoms with Crippen LogP contribution in [0, 0.1) is 0 Å². The van der Waals surface area contributed by atoms with Gasteiger partial charge in [-0.2, -0.15) is 0 Å². The Bertz CT molecular complexity index is 872. The first-order valence-corrected chi connectivity index (χ1v) is 20.1. The van der Waals surface area contributed by atoms with E-state index in [0.29, 0.717) is 38.6 Å². The predicted molar refractivity (Wildman–Crippen MR) is 183 cm³/mol. The van der Waals surface area contributed by atoms with Crippen LogP contribution in [0.25, 0.3) is 0 Å². The van der Waals surface area contributed by atoms with Crippen LogP contribution in [0.15, 0.2) is 0 Å². The molecule has 12 heteroatoms. The average molecular weight is 682 g/mol. The molecule has 2 amide bonds. The van der Waals surface area contributed by atoms with Crippen molar-refractivity contribution in [2.24, 2.45) is 11.5 Å². The van der Waals surface area contributed by atoms with Gasteiger partial charge in [-0.3, -0.25) is 28.9 Å². The van der Waals surface area contributed by atoms with Crippen LogP contribution in [0.4, 0.5) is 0 Å². The van der Waals surface area contributed by atoms with Crippen molar-refractivity contribution in [3.05, 3.63) is 0 Å². The summed E-state index contributed by atoms with van der Waals surface area (Å²) in [5.74, 6) is -3.35. The van der Waals surface area contributed by atoms with Crippen LogP contribution in [0.3, 0.4) is 0 Å². The van der Waals surface area contributed by atoms with Gasteiger partial charge in [0.25, 0.3) is 17.9 Å². The molecule has 0 saturated carbocycles. The largest absolute Gasteiger partial charge is 1.20 e. The summed E-state index contributed by atoms with van der Waals surface area (Å²) in [6.45, 7) is 4.85. The maximum Gasteiger partial charge on any atom is 1.20 e. The Balaban J connectivity index is 2.84. The summed E-state index contributed by atoms with van der Waals surface area (Å²) < 4.78 is 15.8. The van der Waals surface area contributed by atoms with Gasteiger partial charge in [0.1, 0.15) is 6.04 Å². The molecule has 1 saturated heterocycles. The van der Waals surface area contributed by atoms with Crippen molar-refractivity contribution >= 4 is 44.9 Å². The molecule has 2 atom stereocenters. The number of imide groups is 1. The molecule has 1 heterocycles. The summed E-state index contributed by atoms with van der Waals surface area (Å²) >= 11 is -3.61. The molecule has 47 heavy (non-hydrogen) atoms. The predicted octanol–water partition coefficient (Wildman–Crippen LogP) is 6.42. The molecule has 11 nitrogen and oxygen atoms in total. The molecular formula is C35H64AlN3O8. The first kappa shape index (κ1) is 43.0. The number of hydrogen-bond acceptors (Lipinski definition) is 10. The van der Waals surface area contributed by atoms with Crippen LogP contribution < -0.4 is 11.5 Å². The second-order valence-corrected chi connectivity index (χ2v) is 14.2. The van der Waals surface area contributed by atoms with Crippen molar-refractivity contribution in [3.63, 3.8) is 0 Å². The van der Waals surface area contributed by atoms with E-state index in [0.717, 1.165) is 43.4 Å². The Hall–Kier alpha value is -2.00. The molecule has 0 bridgehead atoms. The van der Waals surface area contributed by atoms with Crippen molar-refractivity contribution in [2.75, 3.05) is 6.54 Å². The Kier molecular flexibility index (Phi) is 25.5. The molecule has 0 aromatic heterocycles. The van der Waals surface area contributed by atoms with Gasteiger partial charge in [-0.25, -0.2) is 0 Å². The number of rotatable bonds is 27. The second-order valence-electron chi connectivity index (χ2n) is 12.9. The number of hydrogen-bond donors (Lipinski definition) is 2. The summed E-state index contributed by atoms with van der Waals surface area (Å²) in [4.78, 5) is 66.5. The minimum atomic E-state index is -3.61. The smallest absolute Gasteiger partial charge is 0.551 e. The van der Waals surface area contributed by atoms with Gasteiger partial charge >= 0.3 is 15.1 Å². The third-order valence-electron chi connectivity index (χ3n) is 8.66. The first-order chi connectivity index (χ1) is 22.7. The van der Waals surface area contributed by atoms with E-state index in [4.69, 9.17) is 22.8 Å². The van der Waals surface area contributed by atoms with E-state index >= 15 is 0 Å². The van der Waals surface area contributed by atoms with Crippen LogP contribution >= 0.6 is 0 Å². The lowest BCUT2D eigenvalue weighted by atomic mass is 10.0. The third-order valence-corrected chi connectivity index (χ3v) is 9.96. The zero-order chi connectivity index (χ0) is 34.7. The standard InChI is InChI=1S/C29H53NO6.C6H14N2O2.Al/c1-3-5-7-9-11-13-15-17-19-21-26(31)30(25(29(35)36)23-24-28(33)34)27(32)22-20-18-16-14-12-10-8-6-4-2;7-4-2-1-3-5(8)6(9)10;/h25H,3-24H2,1-2H3,(H,33,34)(H,35,36);5H,1-4,7-8H2,(H,9,10);/q;;+3/p-3/t25-;5-;/m10./s1. The summed E-state index contributed by atoms with van der Waals surface area (Å²) in [6, 6.07) is -2.27. The van der Waals surface area contributed by atoms with Crippen LogP contribution in [-0.2, 0) is 35.3 Å². The van der Waals surface area contributed by atoms with Gasteiger partial charge in [0, 0.05) is 19.3 Å². The van der Waals surface area contributed by atoms with Crippen LogP contribution in [0.2, 0.25) is 0 Å². The van der Waals surface area contributed by atoms with E-state index < -0.39 is 57.0 Å². The SMILES string of the molecule is CCCCCCCCCCCC(=O)N(C(=O)CCCCCCCCCCC)[C@@H]1CCC(=O)[O][Al]([O]C(=O)[C@@H](N)CCCCN)[O]C1=O. The second kappa shape index (κ2) is 27.9. The molecular weight excluding hydrogens is 617 g/mol. The third kappa shape index (κ3) is 20.2. The highest BCUT2D eigenvalue weighted by atomic mass is 27.3. The number of carbonyl (C=O) groups excluding carboxylic acids is 5. The first-order valence-electron chi connectivity index (χ1n) is 18.7. The summed E-state index contributed by atoms with van der Waals surface area (Å²) in [6.07, 6.45) is 20.9. The van der Waals surface area contributed by atoms with Gasteiger partial charge in [0.2, 0.25) is 11.8 Å². The minimum absolute atomic E-state index is 0.113. The van der Waals surface area contributed by atoms with E-state index in [-0.39, 0.29) is 25.7 Å². The van der Waals surface area contributed by atoms with E-state index in [9.17, 15) is 24.0 Å². The minimum Gasteiger partial charge on any atom is -0.551 e. The Morgan fingerprint density at radius 3 is 1.68 bits per heavy atom. The van der Waals surface area contributed by atoms with Crippen molar-refractivity contribution < 1.29 is 35.3 Å². The van der Waals surface area contributed by atoms with Crippen molar-refractivity contribution in [2.45, 2.75) is 186 Å². The van der Waals surface area contributed by atoms with E-state index in [1.165, 1.54) is 64.2 Å². The zero-order valence-electron chi connectivity index (χ0n) is 29.5. The molecule has 0 spiro atoms. The number of amides is 2. The van der Waals surface area contributed by atoms with Gasteiger partial charge in [-0.15, -0.1) is 0 Å². The molecule has 0 aliphatic carbocycles. The quantitative estimate of drug-likeness (QED) is 0.0729. The fraction of sp³-hybridized carbons (Fsp3) is 0.857. The van der Waals surface area contributed by atoms with Crippen molar-refractivity contribution in [1.82, 2.24) is 4.90 Å². The van der Waals surface area contributed by atoms with E-state index in [1.54, 1.807) is 0 Å². The lowest BCUT2D eigenvalue weighted by Crippen LogP contribution is -2.52. The summed E-state index contributed by atoms with van der Waals surface area (Å²) in [5.41, 5.74) is 11.4. The number of carbonyl (C=O) groups is 5. The molecule has 0 radical (unpaired) electrons. The monoisotopic (exact) mass is 681 g/mol. The van der Waals surface area contributed by atoms with Crippen molar-refractivity contribution in [3.8, 4) is 0 Å². The summed E-state index contributed by atoms with van der Waals surface area (Å²) in [5, 5.41) is 0. The molecule has 4 N–H and O–H groups in total.